The number of alkyl halides is 3. The van der Waals surface area contributed by atoms with E-state index in [0.29, 0.717) is 18.8 Å². The lowest BCUT2D eigenvalue weighted by molar-refractivity contribution is -0.137. The molecule has 2 fully saturated rings. The van der Waals surface area contributed by atoms with Crippen LogP contribution in [-0.4, -0.2) is 47.0 Å². The molecule has 4 rings (SSSR count). The minimum atomic E-state index is -4.51. The van der Waals surface area contributed by atoms with Gasteiger partial charge in [-0.05, 0) is 82.2 Å². The molecule has 2 heterocycles. The molecule has 0 spiro atoms. The maximum Gasteiger partial charge on any atom is 0.416 e. The molecule has 180 valence electrons. The van der Waals surface area contributed by atoms with Crippen LogP contribution in [0.1, 0.15) is 52.7 Å². The van der Waals surface area contributed by atoms with Crippen LogP contribution in [0, 0.1) is 0 Å². The Kier molecular flexibility index (Phi) is 8.26. The average molecular weight is 484 g/mol. The first kappa shape index (κ1) is 25.3. The third kappa shape index (κ3) is 6.40. The van der Waals surface area contributed by atoms with Gasteiger partial charge in [0.1, 0.15) is 5.75 Å². The molecule has 0 radical (unpaired) electrons. The third-order valence-electron chi connectivity index (χ3n) is 6.16. The molecule has 0 bridgehead atoms. The van der Waals surface area contributed by atoms with Crippen molar-refractivity contribution in [2.24, 2.45) is 0 Å². The number of carbonyl (C=O) groups excluding carboxylic acids is 1. The van der Waals surface area contributed by atoms with E-state index < -0.39 is 17.6 Å². The van der Waals surface area contributed by atoms with Crippen molar-refractivity contribution >= 4 is 24.0 Å². The Bertz CT molecular complexity index is 933. The second-order valence-corrected chi connectivity index (χ2v) is 8.64. The van der Waals surface area contributed by atoms with Gasteiger partial charge >= 0.3 is 6.18 Å². The van der Waals surface area contributed by atoms with Gasteiger partial charge in [0, 0.05) is 35.5 Å². The molecular weight excluding hydrogens is 455 g/mol. The van der Waals surface area contributed by atoms with Crippen molar-refractivity contribution in [1.29, 1.82) is 0 Å². The van der Waals surface area contributed by atoms with E-state index in [4.69, 9.17) is 0 Å². The molecule has 9 heteroatoms. The molecule has 0 unspecified atom stereocenters. The molecule has 0 aliphatic carbocycles. The molecule has 2 N–H and O–H groups in total. The summed E-state index contributed by atoms with van der Waals surface area (Å²) < 4.78 is 39.1. The highest BCUT2D eigenvalue weighted by Gasteiger charge is 2.31. The highest BCUT2D eigenvalue weighted by atomic mass is 35.5. The summed E-state index contributed by atoms with van der Waals surface area (Å²) in [6.07, 6.45) is -0.0396. The Balaban J connectivity index is 0.00000306. The summed E-state index contributed by atoms with van der Waals surface area (Å²) in [5.74, 6) is -0.373. The molecular formula is C24H29ClF3N3O2. The zero-order chi connectivity index (χ0) is 22.7. The number of benzene rings is 2. The van der Waals surface area contributed by atoms with E-state index >= 15 is 0 Å². The first-order valence-corrected chi connectivity index (χ1v) is 11.1. The molecule has 0 atom stereocenters. The molecule has 0 saturated carbocycles. The Morgan fingerprint density at radius 3 is 1.91 bits per heavy atom. The number of amides is 1. The minimum Gasteiger partial charge on any atom is -0.507 e. The number of carbonyl (C=O) groups is 1. The molecule has 5 nitrogen and oxygen atoms in total. The number of likely N-dealkylation sites (tertiary alicyclic amines) is 2. The van der Waals surface area contributed by atoms with Crippen molar-refractivity contribution in [3.63, 3.8) is 0 Å². The fourth-order valence-corrected chi connectivity index (χ4v) is 4.48. The van der Waals surface area contributed by atoms with Crippen molar-refractivity contribution in [2.75, 3.05) is 31.5 Å². The zero-order valence-corrected chi connectivity index (χ0v) is 19.1. The molecule has 0 aromatic heterocycles. The van der Waals surface area contributed by atoms with Crippen LogP contribution >= 0.6 is 12.4 Å². The van der Waals surface area contributed by atoms with Crippen molar-refractivity contribution in [3.05, 3.63) is 58.7 Å². The lowest BCUT2D eigenvalue weighted by Crippen LogP contribution is -2.21. The molecule has 1 amide bonds. The van der Waals surface area contributed by atoms with Gasteiger partial charge < -0.3 is 10.4 Å². The van der Waals surface area contributed by atoms with Crippen LogP contribution in [-0.2, 0) is 19.3 Å². The monoisotopic (exact) mass is 483 g/mol. The van der Waals surface area contributed by atoms with Gasteiger partial charge in [0.2, 0.25) is 0 Å². The smallest absolute Gasteiger partial charge is 0.416 e. The van der Waals surface area contributed by atoms with Crippen LogP contribution in [0.4, 0.5) is 18.9 Å². The van der Waals surface area contributed by atoms with E-state index in [1.54, 1.807) is 12.1 Å². The summed E-state index contributed by atoms with van der Waals surface area (Å²) >= 11 is 0. The summed E-state index contributed by atoms with van der Waals surface area (Å²) in [5, 5.41) is 13.7. The molecule has 2 aromatic carbocycles. The molecule has 2 aliphatic heterocycles. The van der Waals surface area contributed by atoms with Crippen molar-refractivity contribution in [1.82, 2.24) is 9.80 Å². The SMILES string of the molecule is Cl.O=C(Nc1cc(CN2CCCC2)c(O)c(CN2CCCC2)c1)c1cccc(C(F)(F)F)c1. The number of hydrogen-bond donors (Lipinski definition) is 2. The van der Waals surface area contributed by atoms with Crippen LogP contribution in [0.15, 0.2) is 36.4 Å². The lowest BCUT2D eigenvalue weighted by Gasteiger charge is -2.21. The number of rotatable bonds is 6. The van der Waals surface area contributed by atoms with Gasteiger partial charge in [0.15, 0.2) is 0 Å². The van der Waals surface area contributed by atoms with Gasteiger partial charge in [-0.2, -0.15) is 13.2 Å². The molecule has 2 aliphatic rings. The van der Waals surface area contributed by atoms with Crippen LogP contribution in [0.25, 0.3) is 0 Å². The third-order valence-corrected chi connectivity index (χ3v) is 6.16. The van der Waals surface area contributed by atoms with Gasteiger partial charge in [-0.1, -0.05) is 6.07 Å². The van der Waals surface area contributed by atoms with Crippen LogP contribution in [0.5, 0.6) is 5.75 Å². The van der Waals surface area contributed by atoms with Crippen LogP contribution < -0.4 is 5.32 Å². The highest BCUT2D eigenvalue weighted by Crippen LogP contribution is 2.32. The summed E-state index contributed by atoms with van der Waals surface area (Å²) in [6, 6.07) is 7.85. The number of halogens is 4. The topological polar surface area (TPSA) is 55.8 Å². The van der Waals surface area contributed by atoms with E-state index in [2.05, 4.69) is 15.1 Å². The minimum absolute atomic E-state index is 0. The standard InChI is InChI=1S/C24H28F3N3O2.ClH/c25-24(26,27)20-7-5-6-17(12-20)23(32)28-21-13-18(15-29-8-1-2-9-29)22(31)19(14-21)16-30-10-3-4-11-30;/h5-7,12-14,31H,1-4,8-11,15-16H2,(H,28,32);1H. The molecule has 2 aromatic rings. The molecule has 2 saturated heterocycles. The number of hydrogen-bond acceptors (Lipinski definition) is 4. The first-order valence-electron chi connectivity index (χ1n) is 11.1. The van der Waals surface area contributed by atoms with Crippen molar-refractivity contribution in [3.8, 4) is 5.75 Å². The summed E-state index contributed by atoms with van der Waals surface area (Å²) in [7, 11) is 0. The Hall–Kier alpha value is -2.29. The summed E-state index contributed by atoms with van der Waals surface area (Å²) in [4.78, 5) is 17.2. The Labute approximate surface area is 198 Å². The van der Waals surface area contributed by atoms with Crippen LogP contribution in [0.2, 0.25) is 0 Å². The Morgan fingerprint density at radius 2 is 1.42 bits per heavy atom. The van der Waals surface area contributed by atoms with E-state index in [1.807, 2.05) is 0 Å². The Morgan fingerprint density at radius 1 is 0.909 bits per heavy atom. The number of aromatic hydroxyl groups is 1. The summed E-state index contributed by atoms with van der Waals surface area (Å²) in [5.41, 5.74) is 1.01. The molecule has 33 heavy (non-hydrogen) atoms. The number of phenolic OH excluding ortho intramolecular Hbond substituents is 1. The highest BCUT2D eigenvalue weighted by molar-refractivity contribution is 6.04. The number of nitrogens with one attached hydrogen (secondary N) is 1. The van der Waals surface area contributed by atoms with Crippen molar-refractivity contribution in [2.45, 2.75) is 44.9 Å². The van der Waals surface area contributed by atoms with Gasteiger partial charge in [-0.15, -0.1) is 12.4 Å². The average Bonchev–Trinajstić information content (AvgIpc) is 3.45. The van der Waals surface area contributed by atoms with E-state index in [1.165, 1.54) is 12.1 Å². The predicted molar refractivity (Wildman–Crippen MR) is 124 cm³/mol. The number of phenols is 1. The second-order valence-electron chi connectivity index (χ2n) is 8.64. The maximum atomic E-state index is 13.0. The van der Waals surface area contributed by atoms with Gasteiger partial charge in [-0.3, -0.25) is 14.6 Å². The van der Waals surface area contributed by atoms with Crippen molar-refractivity contribution < 1.29 is 23.1 Å². The largest absolute Gasteiger partial charge is 0.507 e. The van der Waals surface area contributed by atoms with E-state index in [-0.39, 0.29) is 23.7 Å². The van der Waals surface area contributed by atoms with Gasteiger partial charge in [-0.25, -0.2) is 0 Å². The summed E-state index contributed by atoms with van der Waals surface area (Å²) in [6.45, 7) is 4.99. The number of nitrogens with zero attached hydrogens (tertiary/aromatic N) is 2. The first-order chi connectivity index (χ1) is 15.3. The second kappa shape index (κ2) is 10.8. The number of anilines is 1. The lowest BCUT2D eigenvalue weighted by atomic mass is 10.0. The van der Waals surface area contributed by atoms with E-state index in [0.717, 1.165) is 75.1 Å². The zero-order valence-electron chi connectivity index (χ0n) is 18.3. The normalized spacial score (nSPS) is 17.2. The van der Waals surface area contributed by atoms with Gasteiger partial charge in [0.05, 0.1) is 5.56 Å². The van der Waals surface area contributed by atoms with Gasteiger partial charge in [0.25, 0.3) is 5.91 Å². The fraction of sp³-hybridized carbons (Fsp3) is 0.458. The van der Waals surface area contributed by atoms with E-state index in [9.17, 15) is 23.1 Å². The van der Waals surface area contributed by atoms with Crippen LogP contribution in [0.3, 0.4) is 0 Å². The fourth-order valence-electron chi connectivity index (χ4n) is 4.48. The predicted octanol–water partition coefficient (Wildman–Crippen LogP) is 5.28. The quantitative estimate of drug-likeness (QED) is 0.549. The maximum absolute atomic E-state index is 13.0.